The van der Waals surface area contributed by atoms with E-state index in [4.69, 9.17) is 23.7 Å². The van der Waals surface area contributed by atoms with Crippen LogP contribution in [0.15, 0.2) is 0 Å². The number of methoxy groups -OCH3 is 1. The maximum absolute atomic E-state index is 12.0. The van der Waals surface area contributed by atoms with Crippen LogP contribution < -0.4 is 0 Å². The molecule has 0 saturated carbocycles. The maximum Gasteiger partial charge on any atom is 0.308 e. The molecule has 2 aliphatic rings. The number of hydrogen-bond donors (Lipinski definition) is 9. The smallest absolute Gasteiger partial charge is 0.308 e. The highest BCUT2D eigenvalue weighted by Crippen LogP contribution is 2.27. The first-order chi connectivity index (χ1) is 23.9. The van der Waals surface area contributed by atoms with Crippen LogP contribution in [0.25, 0.3) is 0 Å². The quantitative estimate of drug-likeness (QED) is 0.0436. The lowest BCUT2D eigenvalue weighted by Crippen LogP contribution is -2.59. The monoisotopic (exact) mass is 726 g/mol. The minimum Gasteiger partial charge on any atom is -0.469 e. The Bertz CT molecular complexity index is 877. The fourth-order valence-electron chi connectivity index (χ4n) is 6.48. The second kappa shape index (κ2) is 25.1. The summed E-state index contributed by atoms with van der Waals surface area (Å²) < 4.78 is 27.7. The lowest BCUT2D eigenvalue weighted by Gasteiger charge is -2.41. The Kier molecular flexibility index (Phi) is 22.6. The standard InChI is InChI=1S/C35H66O15/c1-22(38)15-11-10-14-17-23(47-34-32(44)30(42)28(40)25(20-36)49-34)16-12-8-6-4-3-5-7-9-13-18-24(19-27(39)46-2)48-35-33(45)31(43)29(41)26(21-37)50-35/h22-26,28-38,40-45H,3-21H2,1-2H3/t22-,23+,24+,25+,26+,28-,29-,30-,31-,32-,33-,34+,35+/m1/s1. The van der Waals surface area contributed by atoms with Gasteiger partial charge in [0.1, 0.15) is 48.8 Å². The number of carbonyl (C=O) groups is 1. The van der Waals surface area contributed by atoms with Crippen LogP contribution in [-0.2, 0) is 28.5 Å². The second-order valence-corrected chi connectivity index (χ2v) is 13.9. The van der Waals surface area contributed by atoms with Crippen molar-refractivity contribution >= 4 is 5.97 Å². The van der Waals surface area contributed by atoms with Gasteiger partial charge >= 0.3 is 5.97 Å². The number of hydrogen-bond acceptors (Lipinski definition) is 15. The van der Waals surface area contributed by atoms with Gasteiger partial charge in [-0.05, 0) is 32.6 Å². The normalized spacial score (nSPS) is 32.1. The highest BCUT2D eigenvalue weighted by molar-refractivity contribution is 5.69. The van der Waals surface area contributed by atoms with Crippen molar-refractivity contribution < 1.29 is 74.4 Å². The average molecular weight is 727 g/mol. The second-order valence-electron chi connectivity index (χ2n) is 13.9. The number of unbranched alkanes of at least 4 members (excludes halogenated alkanes) is 10. The molecule has 0 spiro atoms. The summed E-state index contributed by atoms with van der Waals surface area (Å²) >= 11 is 0. The molecule has 0 unspecified atom stereocenters. The van der Waals surface area contributed by atoms with Gasteiger partial charge in [-0.3, -0.25) is 4.79 Å². The van der Waals surface area contributed by atoms with E-state index >= 15 is 0 Å². The molecule has 9 N–H and O–H groups in total. The fraction of sp³-hybridized carbons (Fsp3) is 0.971. The van der Waals surface area contributed by atoms with Crippen LogP contribution >= 0.6 is 0 Å². The molecular formula is C35H66O15. The summed E-state index contributed by atoms with van der Waals surface area (Å²) in [5.41, 5.74) is 0. The van der Waals surface area contributed by atoms with Crippen LogP contribution in [0.2, 0.25) is 0 Å². The van der Waals surface area contributed by atoms with Crippen LogP contribution in [0, 0.1) is 0 Å². The van der Waals surface area contributed by atoms with Crippen molar-refractivity contribution in [2.75, 3.05) is 20.3 Å². The van der Waals surface area contributed by atoms with Crippen LogP contribution in [0.3, 0.4) is 0 Å². The fourth-order valence-corrected chi connectivity index (χ4v) is 6.48. The third-order valence-electron chi connectivity index (χ3n) is 9.67. The summed E-state index contributed by atoms with van der Waals surface area (Å²) in [5.74, 6) is -0.487. The molecule has 2 fully saturated rings. The lowest BCUT2D eigenvalue weighted by molar-refractivity contribution is -0.312. The number of carbonyl (C=O) groups excluding carboxylic acids is 1. The van der Waals surface area contributed by atoms with Gasteiger partial charge in [0.25, 0.3) is 0 Å². The molecule has 2 aliphatic heterocycles. The van der Waals surface area contributed by atoms with Crippen molar-refractivity contribution in [2.24, 2.45) is 0 Å². The Balaban J connectivity index is 1.68. The first kappa shape index (κ1) is 45.1. The molecule has 0 bridgehead atoms. The zero-order chi connectivity index (χ0) is 37.1. The van der Waals surface area contributed by atoms with Crippen LogP contribution in [0.5, 0.6) is 0 Å². The zero-order valence-corrected chi connectivity index (χ0v) is 29.9. The van der Waals surface area contributed by atoms with Gasteiger partial charge in [0.15, 0.2) is 12.6 Å². The molecule has 0 amide bonds. The van der Waals surface area contributed by atoms with Crippen molar-refractivity contribution in [3.8, 4) is 0 Å². The van der Waals surface area contributed by atoms with E-state index in [1.54, 1.807) is 6.92 Å². The molecule has 15 nitrogen and oxygen atoms in total. The van der Waals surface area contributed by atoms with Gasteiger partial charge in [0, 0.05) is 0 Å². The summed E-state index contributed by atoms with van der Waals surface area (Å²) in [6, 6.07) is 0. The maximum atomic E-state index is 12.0. The molecule has 0 aromatic carbocycles. The van der Waals surface area contributed by atoms with E-state index in [0.717, 1.165) is 96.3 Å². The first-order valence-corrected chi connectivity index (χ1v) is 18.6. The Labute approximate surface area is 296 Å². The van der Waals surface area contributed by atoms with E-state index in [0.29, 0.717) is 6.42 Å². The topological polar surface area (TPSA) is 245 Å². The van der Waals surface area contributed by atoms with Gasteiger partial charge < -0.3 is 69.6 Å². The summed E-state index contributed by atoms with van der Waals surface area (Å²) in [4.78, 5) is 12.0. The predicted molar refractivity (Wildman–Crippen MR) is 179 cm³/mol. The summed E-state index contributed by atoms with van der Waals surface area (Å²) in [6.07, 6.45) is -0.589. The van der Waals surface area contributed by atoms with Crippen molar-refractivity contribution in [1.29, 1.82) is 0 Å². The van der Waals surface area contributed by atoms with Crippen molar-refractivity contribution in [1.82, 2.24) is 0 Å². The van der Waals surface area contributed by atoms with Gasteiger partial charge in [-0.1, -0.05) is 77.0 Å². The molecule has 0 radical (unpaired) electrons. The molecular weight excluding hydrogens is 660 g/mol. The Hall–Kier alpha value is -1.05. The Morgan fingerprint density at radius 3 is 1.32 bits per heavy atom. The van der Waals surface area contributed by atoms with Crippen LogP contribution in [0.1, 0.15) is 116 Å². The molecule has 296 valence electrons. The molecule has 0 aromatic rings. The van der Waals surface area contributed by atoms with E-state index in [9.17, 15) is 50.8 Å². The Morgan fingerprint density at radius 2 is 0.920 bits per heavy atom. The highest BCUT2D eigenvalue weighted by Gasteiger charge is 2.46. The SMILES string of the molecule is COC(=O)C[C@H](CCCCCCCCCCC[C@@H](CCCCC[C@@H](C)O)O[C@H]1O[C@@H](CO)[C@@H](O)[C@@H](O)[C@H]1O)O[C@H]1O[C@@H](CO)[C@@H](O)[C@@H](O)[C@H]1O. The van der Waals surface area contributed by atoms with Crippen molar-refractivity contribution in [3.05, 3.63) is 0 Å². The van der Waals surface area contributed by atoms with Gasteiger partial charge in [0.05, 0.1) is 45.1 Å². The number of aliphatic hydroxyl groups excluding tert-OH is 9. The molecule has 0 aromatic heterocycles. The number of ether oxygens (including phenoxy) is 5. The third-order valence-corrected chi connectivity index (χ3v) is 9.67. The predicted octanol–water partition coefficient (Wildman–Crippen LogP) is 0.542. The molecule has 13 atom stereocenters. The van der Waals surface area contributed by atoms with E-state index in [2.05, 4.69) is 0 Å². The van der Waals surface area contributed by atoms with E-state index in [1.807, 2.05) is 0 Å². The lowest BCUT2D eigenvalue weighted by atomic mass is 9.98. The van der Waals surface area contributed by atoms with Crippen molar-refractivity contribution in [3.63, 3.8) is 0 Å². The molecule has 15 heteroatoms. The average Bonchev–Trinajstić information content (AvgIpc) is 3.10. The van der Waals surface area contributed by atoms with Gasteiger partial charge in [-0.15, -0.1) is 0 Å². The summed E-state index contributed by atoms with van der Waals surface area (Å²) in [5, 5.41) is 89.5. The zero-order valence-electron chi connectivity index (χ0n) is 29.9. The third kappa shape index (κ3) is 15.9. The molecule has 2 saturated heterocycles. The van der Waals surface area contributed by atoms with Crippen LogP contribution in [0.4, 0.5) is 0 Å². The summed E-state index contributed by atoms with van der Waals surface area (Å²) in [7, 11) is 1.27. The largest absolute Gasteiger partial charge is 0.469 e. The minimum atomic E-state index is -1.56. The summed E-state index contributed by atoms with van der Waals surface area (Å²) in [6.45, 7) is 0.689. The first-order valence-electron chi connectivity index (χ1n) is 18.6. The Morgan fingerprint density at radius 1 is 0.560 bits per heavy atom. The van der Waals surface area contributed by atoms with E-state index in [-0.39, 0.29) is 18.6 Å². The highest BCUT2D eigenvalue weighted by atomic mass is 16.7. The molecule has 50 heavy (non-hydrogen) atoms. The minimum absolute atomic E-state index is 0.0665. The van der Waals surface area contributed by atoms with Gasteiger partial charge in [0.2, 0.25) is 0 Å². The molecule has 2 rings (SSSR count). The number of rotatable bonds is 26. The number of esters is 1. The number of aliphatic hydroxyl groups is 9. The van der Waals surface area contributed by atoms with E-state index in [1.165, 1.54) is 7.11 Å². The van der Waals surface area contributed by atoms with Crippen molar-refractivity contribution in [2.45, 2.75) is 196 Å². The van der Waals surface area contributed by atoms with Gasteiger partial charge in [-0.2, -0.15) is 0 Å². The molecule has 2 heterocycles. The molecule has 0 aliphatic carbocycles. The van der Waals surface area contributed by atoms with E-state index < -0.39 is 86.7 Å². The van der Waals surface area contributed by atoms with Gasteiger partial charge in [-0.25, -0.2) is 0 Å². The van der Waals surface area contributed by atoms with Crippen LogP contribution in [-0.4, -0.2) is 152 Å².